The number of benzene rings is 1. The molecule has 0 saturated carbocycles. The van der Waals surface area contributed by atoms with Gasteiger partial charge in [0, 0.05) is 13.3 Å². The van der Waals surface area contributed by atoms with Crippen LogP contribution in [0.2, 0.25) is 0 Å². The van der Waals surface area contributed by atoms with Gasteiger partial charge in [-0.25, -0.2) is 0 Å². The molecule has 0 aliphatic rings. The van der Waals surface area contributed by atoms with E-state index in [-0.39, 0.29) is 19.4 Å². The molecule has 0 aliphatic carbocycles. The SMILES string of the molecule is CCCCC(CCC)c1ccccc1CCCC(COC(=O)CCC(N)=O)OC(C)=O. The summed E-state index contributed by atoms with van der Waals surface area (Å²) in [5, 5.41) is 0. The third kappa shape index (κ3) is 11.6. The van der Waals surface area contributed by atoms with E-state index in [9.17, 15) is 14.4 Å². The largest absolute Gasteiger partial charge is 0.462 e. The number of amides is 1. The van der Waals surface area contributed by atoms with E-state index in [4.69, 9.17) is 15.2 Å². The maximum absolute atomic E-state index is 11.7. The standard InChI is InChI=1S/C25H39NO5/c1-4-6-11-20(10-5-2)23-15-8-7-12-21(23)13-9-14-22(31-19(3)27)18-30-25(29)17-16-24(26)28/h7-8,12,15,20,22H,4-6,9-11,13-14,16-18H2,1-3H3,(H2,26,28). The normalized spacial score (nSPS) is 12.7. The number of unbranched alkanes of at least 4 members (excludes halogenated alkanes) is 1. The van der Waals surface area contributed by atoms with Crippen molar-refractivity contribution in [2.24, 2.45) is 5.73 Å². The summed E-state index contributed by atoms with van der Waals surface area (Å²) in [4.78, 5) is 34.0. The van der Waals surface area contributed by atoms with Crippen molar-refractivity contribution in [3.8, 4) is 0 Å². The molecule has 6 heteroatoms. The molecule has 0 spiro atoms. The minimum absolute atomic E-state index is 0.00617. The first-order valence-electron chi connectivity index (χ1n) is 11.6. The molecular formula is C25H39NO5. The highest BCUT2D eigenvalue weighted by Crippen LogP contribution is 2.30. The second-order valence-corrected chi connectivity index (χ2v) is 8.10. The molecule has 2 unspecified atom stereocenters. The molecule has 1 amide bonds. The average molecular weight is 434 g/mol. The van der Waals surface area contributed by atoms with Crippen LogP contribution in [0, 0.1) is 0 Å². The van der Waals surface area contributed by atoms with Crippen LogP contribution < -0.4 is 5.73 Å². The van der Waals surface area contributed by atoms with E-state index in [0.717, 1.165) is 12.8 Å². The van der Waals surface area contributed by atoms with Crippen LogP contribution in [-0.4, -0.2) is 30.6 Å². The zero-order chi connectivity index (χ0) is 23.1. The maximum atomic E-state index is 11.7. The topological polar surface area (TPSA) is 95.7 Å². The number of rotatable bonds is 16. The van der Waals surface area contributed by atoms with E-state index in [0.29, 0.717) is 12.3 Å². The van der Waals surface area contributed by atoms with Gasteiger partial charge < -0.3 is 15.2 Å². The van der Waals surface area contributed by atoms with Gasteiger partial charge in [-0.15, -0.1) is 0 Å². The molecule has 1 aromatic carbocycles. The van der Waals surface area contributed by atoms with E-state index in [2.05, 4.69) is 38.1 Å². The third-order valence-electron chi connectivity index (χ3n) is 5.35. The van der Waals surface area contributed by atoms with Crippen LogP contribution in [0.1, 0.15) is 95.6 Å². The molecular weight excluding hydrogens is 394 g/mol. The van der Waals surface area contributed by atoms with Crippen molar-refractivity contribution in [2.75, 3.05) is 6.61 Å². The second kappa shape index (κ2) is 15.4. The Morgan fingerprint density at radius 3 is 2.35 bits per heavy atom. The molecule has 0 fully saturated rings. The fourth-order valence-electron chi connectivity index (χ4n) is 3.83. The van der Waals surface area contributed by atoms with E-state index in [1.807, 2.05) is 0 Å². The van der Waals surface area contributed by atoms with Crippen molar-refractivity contribution in [1.82, 2.24) is 0 Å². The first-order chi connectivity index (χ1) is 14.9. The summed E-state index contributed by atoms with van der Waals surface area (Å²) in [5.74, 6) is -0.884. The predicted molar refractivity (Wildman–Crippen MR) is 121 cm³/mol. The summed E-state index contributed by atoms with van der Waals surface area (Å²) in [7, 11) is 0. The molecule has 0 saturated heterocycles. The monoisotopic (exact) mass is 433 g/mol. The van der Waals surface area contributed by atoms with E-state index in [1.54, 1.807) is 0 Å². The quantitative estimate of drug-likeness (QED) is 0.377. The van der Waals surface area contributed by atoms with Crippen molar-refractivity contribution in [3.63, 3.8) is 0 Å². The summed E-state index contributed by atoms with van der Waals surface area (Å²) < 4.78 is 10.5. The fourth-order valence-corrected chi connectivity index (χ4v) is 3.83. The van der Waals surface area contributed by atoms with Gasteiger partial charge in [0.25, 0.3) is 0 Å². The molecule has 1 aromatic rings. The lowest BCUT2D eigenvalue weighted by Crippen LogP contribution is -2.25. The summed E-state index contributed by atoms with van der Waals surface area (Å²) in [6.07, 6.45) is 7.69. The van der Waals surface area contributed by atoms with Gasteiger partial charge in [-0.3, -0.25) is 14.4 Å². The Morgan fingerprint density at radius 2 is 1.71 bits per heavy atom. The molecule has 2 atom stereocenters. The molecule has 0 aromatic heterocycles. The number of primary amides is 1. The highest BCUT2D eigenvalue weighted by molar-refractivity contribution is 5.79. The summed E-state index contributed by atoms with van der Waals surface area (Å²) in [5.41, 5.74) is 7.82. The zero-order valence-electron chi connectivity index (χ0n) is 19.4. The lowest BCUT2D eigenvalue weighted by molar-refractivity contribution is -0.158. The highest BCUT2D eigenvalue weighted by Gasteiger charge is 2.17. The van der Waals surface area contributed by atoms with E-state index < -0.39 is 23.9 Å². The first kappa shape index (κ1) is 26.7. The van der Waals surface area contributed by atoms with Gasteiger partial charge in [-0.05, 0) is 49.1 Å². The lowest BCUT2D eigenvalue weighted by atomic mass is 9.85. The van der Waals surface area contributed by atoms with Gasteiger partial charge in [0.2, 0.25) is 5.91 Å². The van der Waals surface area contributed by atoms with Crippen LogP contribution in [0.4, 0.5) is 0 Å². The van der Waals surface area contributed by atoms with Crippen molar-refractivity contribution in [3.05, 3.63) is 35.4 Å². The van der Waals surface area contributed by atoms with E-state index >= 15 is 0 Å². The molecule has 0 aliphatic heterocycles. The number of aryl methyl sites for hydroxylation is 1. The smallest absolute Gasteiger partial charge is 0.306 e. The number of hydrogen-bond acceptors (Lipinski definition) is 5. The third-order valence-corrected chi connectivity index (χ3v) is 5.35. The Labute approximate surface area is 186 Å². The Balaban J connectivity index is 2.67. The molecule has 0 heterocycles. The Hall–Kier alpha value is -2.37. The van der Waals surface area contributed by atoms with Crippen LogP contribution in [0.25, 0.3) is 0 Å². The van der Waals surface area contributed by atoms with E-state index in [1.165, 1.54) is 50.2 Å². The number of hydrogen-bond donors (Lipinski definition) is 1. The van der Waals surface area contributed by atoms with Gasteiger partial charge in [-0.1, -0.05) is 57.4 Å². The van der Waals surface area contributed by atoms with Gasteiger partial charge in [0.1, 0.15) is 12.7 Å². The van der Waals surface area contributed by atoms with Crippen LogP contribution in [0.3, 0.4) is 0 Å². The molecule has 2 N–H and O–H groups in total. The Bertz CT molecular complexity index is 688. The molecule has 31 heavy (non-hydrogen) atoms. The highest BCUT2D eigenvalue weighted by atomic mass is 16.6. The number of carbonyl (C=O) groups is 3. The molecule has 0 radical (unpaired) electrons. The maximum Gasteiger partial charge on any atom is 0.306 e. The number of carbonyl (C=O) groups excluding carboxylic acids is 3. The predicted octanol–water partition coefficient (Wildman–Crippen LogP) is 4.82. The average Bonchev–Trinajstić information content (AvgIpc) is 2.73. The minimum atomic E-state index is -0.549. The Morgan fingerprint density at radius 1 is 0.968 bits per heavy atom. The van der Waals surface area contributed by atoms with Crippen molar-refractivity contribution < 1.29 is 23.9 Å². The number of ether oxygens (including phenoxy) is 2. The fraction of sp³-hybridized carbons (Fsp3) is 0.640. The first-order valence-corrected chi connectivity index (χ1v) is 11.6. The summed E-state index contributed by atoms with van der Waals surface area (Å²) >= 11 is 0. The molecule has 0 bridgehead atoms. The number of esters is 2. The Kier molecular flexibility index (Phi) is 13.3. The van der Waals surface area contributed by atoms with Crippen LogP contribution in [0.15, 0.2) is 24.3 Å². The zero-order valence-corrected chi connectivity index (χ0v) is 19.4. The van der Waals surface area contributed by atoms with Crippen LogP contribution in [0.5, 0.6) is 0 Å². The van der Waals surface area contributed by atoms with Gasteiger partial charge in [0.15, 0.2) is 0 Å². The number of nitrogens with two attached hydrogens (primary N) is 1. The molecule has 1 rings (SSSR count). The van der Waals surface area contributed by atoms with Crippen molar-refractivity contribution in [2.45, 2.75) is 97.0 Å². The van der Waals surface area contributed by atoms with Crippen molar-refractivity contribution >= 4 is 17.8 Å². The summed E-state index contributed by atoms with van der Waals surface area (Å²) in [6, 6.07) is 8.62. The second-order valence-electron chi connectivity index (χ2n) is 8.10. The minimum Gasteiger partial charge on any atom is -0.462 e. The van der Waals surface area contributed by atoms with Gasteiger partial charge >= 0.3 is 11.9 Å². The van der Waals surface area contributed by atoms with Crippen LogP contribution in [-0.2, 0) is 30.3 Å². The summed E-state index contributed by atoms with van der Waals surface area (Å²) in [6.45, 7) is 5.80. The van der Waals surface area contributed by atoms with Gasteiger partial charge in [-0.2, -0.15) is 0 Å². The van der Waals surface area contributed by atoms with Crippen LogP contribution >= 0.6 is 0 Å². The van der Waals surface area contributed by atoms with Gasteiger partial charge in [0.05, 0.1) is 6.42 Å². The lowest BCUT2D eigenvalue weighted by Gasteiger charge is -2.21. The molecule has 174 valence electrons. The molecule has 6 nitrogen and oxygen atoms in total. The van der Waals surface area contributed by atoms with Crippen molar-refractivity contribution in [1.29, 1.82) is 0 Å².